The molecule has 0 fully saturated rings. The molecule has 0 saturated carbocycles. The number of furan rings is 1. The second kappa shape index (κ2) is 8.01. The molecule has 0 bridgehead atoms. The Morgan fingerprint density at radius 2 is 1.93 bits per heavy atom. The van der Waals surface area contributed by atoms with Crippen LogP contribution in [0.25, 0.3) is 0 Å². The highest BCUT2D eigenvalue weighted by atomic mass is 32.2. The summed E-state index contributed by atoms with van der Waals surface area (Å²) in [5.74, 6) is 1.04. The standard InChI is InChI=1S/C17H20N4O3S3/c1-11-5-6-13(9-12(11)2)18-16-19-20-17(26-16)25-10-14-7-8-15(24-14)27(22,23)21(3)4/h5-9H,10H2,1-4H3,(H,18,19). The zero-order chi connectivity index (χ0) is 19.6. The molecule has 2 aromatic heterocycles. The second-order valence-electron chi connectivity index (χ2n) is 6.09. The molecule has 0 aliphatic carbocycles. The number of benzene rings is 1. The molecule has 0 atom stereocenters. The van der Waals surface area contributed by atoms with Crippen LogP contribution in [0.4, 0.5) is 10.8 Å². The number of anilines is 2. The molecular formula is C17H20N4O3S3. The van der Waals surface area contributed by atoms with Gasteiger partial charge in [0.2, 0.25) is 10.2 Å². The highest BCUT2D eigenvalue weighted by Crippen LogP contribution is 2.31. The quantitative estimate of drug-likeness (QED) is 0.573. The van der Waals surface area contributed by atoms with E-state index < -0.39 is 10.0 Å². The molecule has 0 aliphatic heterocycles. The van der Waals surface area contributed by atoms with Crippen LogP contribution in [0.1, 0.15) is 16.9 Å². The van der Waals surface area contributed by atoms with Crippen molar-refractivity contribution >= 4 is 43.9 Å². The van der Waals surface area contributed by atoms with Gasteiger partial charge in [-0.3, -0.25) is 0 Å². The van der Waals surface area contributed by atoms with E-state index in [2.05, 4.69) is 41.5 Å². The fraction of sp³-hybridized carbons (Fsp3) is 0.294. The van der Waals surface area contributed by atoms with Gasteiger partial charge in [-0.05, 0) is 49.2 Å². The maximum Gasteiger partial charge on any atom is 0.275 e. The number of aromatic nitrogens is 2. The first-order valence-electron chi connectivity index (χ1n) is 8.07. The van der Waals surface area contributed by atoms with Crippen molar-refractivity contribution in [3.05, 3.63) is 47.2 Å². The predicted molar refractivity (Wildman–Crippen MR) is 108 cm³/mol. The fourth-order valence-electron chi connectivity index (χ4n) is 2.15. The average molecular weight is 425 g/mol. The summed E-state index contributed by atoms with van der Waals surface area (Å²) in [6.07, 6.45) is 0. The normalized spacial score (nSPS) is 11.9. The summed E-state index contributed by atoms with van der Waals surface area (Å²) >= 11 is 2.88. The van der Waals surface area contributed by atoms with E-state index in [1.807, 2.05) is 6.07 Å². The molecule has 10 heteroatoms. The predicted octanol–water partition coefficient (Wildman–Crippen LogP) is 4.03. The van der Waals surface area contributed by atoms with Crippen LogP contribution in [0.2, 0.25) is 0 Å². The van der Waals surface area contributed by atoms with E-state index >= 15 is 0 Å². The number of aryl methyl sites for hydroxylation is 2. The van der Waals surface area contributed by atoms with Gasteiger partial charge in [0.15, 0.2) is 4.34 Å². The van der Waals surface area contributed by atoms with Crippen molar-refractivity contribution < 1.29 is 12.8 Å². The monoisotopic (exact) mass is 424 g/mol. The van der Waals surface area contributed by atoms with Crippen molar-refractivity contribution in [2.24, 2.45) is 0 Å². The van der Waals surface area contributed by atoms with E-state index in [1.54, 1.807) is 6.07 Å². The van der Waals surface area contributed by atoms with Crippen molar-refractivity contribution in [2.75, 3.05) is 19.4 Å². The first kappa shape index (κ1) is 19.9. The van der Waals surface area contributed by atoms with E-state index in [4.69, 9.17) is 4.42 Å². The van der Waals surface area contributed by atoms with Crippen LogP contribution in [0.3, 0.4) is 0 Å². The SMILES string of the molecule is Cc1ccc(Nc2nnc(SCc3ccc(S(=O)(=O)N(C)C)o3)s2)cc1C. The summed E-state index contributed by atoms with van der Waals surface area (Å²) in [7, 11) is -0.614. The van der Waals surface area contributed by atoms with Gasteiger partial charge in [0.25, 0.3) is 10.0 Å². The van der Waals surface area contributed by atoms with Crippen LogP contribution < -0.4 is 5.32 Å². The van der Waals surface area contributed by atoms with Crippen LogP contribution >= 0.6 is 23.1 Å². The van der Waals surface area contributed by atoms with E-state index in [1.165, 1.54) is 54.4 Å². The Morgan fingerprint density at radius 1 is 1.15 bits per heavy atom. The van der Waals surface area contributed by atoms with Gasteiger partial charge in [0, 0.05) is 19.8 Å². The lowest BCUT2D eigenvalue weighted by molar-refractivity contribution is 0.408. The van der Waals surface area contributed by atoms with Gasteiger partial charge < -0.3 is 9.73 Å². The molecular weight excluding hydrogens is 404 g/mol. The van der Waals surface area contributed by atoms with Gasteiger partial charge in [-0.2, -0.15) is 0 Å². The van der Waals surface area contributed by atoms with Gasteiger partial charge in [-0.25, -0.2) is 12.7 Å². The number of nitrogens with zero attached hydrogens (tertiary/aromatic N) is 3. The van der Waals surface area contributed by atoms with E-state index in [-0.39, 0.29) is 5.09 Å². The lowest BCUT2D eigenvalue weighted by Crippen LogP contribution is -2.21. The first-order chi connectivity index (χ1) is 12.8. The van der Waals surface area contributed by atoms with Crippen molar-refractivity contribution in [1.82, 2.24) is 14.5 Å². The maximum atomic E-state index is 12.0. The third-order valence-electron chi connectivity index (χ3n) is 3.87. The van der Waals surface area contributed by atoms with Crippen LogP contribution in [0.15, 0.2) is 44.2 Å². The smallest absolute Gasteiger partial charge is 0.275 e. The maximum absolute atomic E-state index is 12.0. The molecule has 0 unspecified atom stereocenters. The molecule has 3 rings (SSSR count). The lowest BCUT2D eigenvalue weighted by Gasteiger charge is -2.07. The molecule has 2 heterocycles. The molecule has 7 nitrogen and oxygen atoms in total. The molecule has 27 heavy (non-hydrogen) atoms. The fourth-order valence-corrected chi connectivity index (χ4v) is 4.63. The number of rotatable bonds is 7. The summed E-state index contributed by atoms with van der Waals surface area (Å²) in [5.41, 5.74) is 3.42. The first-order valence-corrected chi connectivity index (χ1v) is 11.3. The van der Waals surface area contributed by atoms with Gasteiger partial charge in [0.05, 0.1) is 5.75 Å². The third-order valence-corrected chi connectivity index (χ3v) is 7.56. The largest absolute Gasteiger partial charge is 0.447 e. The Morgan fingerprint density at radius 3 is 2.63 bits per heavy atom. The number of thioether (sulfide) groups is 1. The Labute approximate surface area is 166 Å². The summed E-state index contributed by atoms with van der Waals surface area (Å²) in [4.78, 5) is 0. The summed E-state index contributed by atoms with van der Waals surface area (Å²) in [6.45, 7) is 4.14. The number of nitrogens with one attached hydrogen (secondary N) is 1. The van der Waals surface area contributed by atoms with Crippen LogP contribution in [0, 0.1) is 13.8 Å². The lowest BCUT2D eigenvalue weighted by atomic mass is 10.1. The topological polar surface area (TPSA) is 88.3 Å². The van der Waals surface area contributed by atoms with E-state index in [0.29, 0.717) is 16.6 Å². The summed E-state index contributed by atoms with van der Waals surface area (Å²) in [6, 6.07) is 9.27. The van der Waals surface area contributed by atoms with Crippen molar-refractivity contribution in [2.45, 2.75) is 29.0 Å². The molecule has 0 radical (unpaired) electrons. The molecule has 1 aromatic carbocycles. The van der Waals surface area contributed by atoms with Crippen molar-refractivity contribution in [3.63, 3.8) is 0 Å². The molecule has 0 saturated heterocycles. The number of hydrogen-bond donors (Lipinski definition) is 1. The van der Waals surface area contributed by atoms with E-state index in [9.17, 15) is 8.42 Å². The zero-order valence-electron chi connectivity index (χ0n) is 15.4. The second-order valence-corrected chi connectivity index (χ2v) is 10.4. The zero-order valence-corrected chi connectivity index (χ0v) is 17.8. The van der Waals surface area contributed by atoms with Gasteiger partial charge >= 0.3 is 0 Å². The van der Waals surface area contributed by atoms with E-state index in [0.717, 1.165) is 14.3 Å². The number of sulfonamides is 1. The molecule has 0 aliphatic rings. The van der Waals surface area contributed by atoms with Gasteiger partial charge in [-0.15, -0.1) is 10.2 Å². The van der Waals surface area contributed by atoms with Crippen LogP contribution in [0.5, 0.6) is 0 Å². The molecule has 1 N–H and O–H groups in total. The van der Waals surface area contributed by atoms with Crippen molar-refractivity contribution in [1.29, 1.82) is 0 Å². The molecule has 0 amide bonds. The highest BCUT2D eigenvalue weighted by molar-refractivity contribution is 8.00. The minimum Gasteiger partial charge on any atom is -0.447 e. The molecule has 3 aromatic rings. The number of hydrogen-bond acceptors (Lipinski definition) is 8. The molecule has 144 valence electrons. The van der Waals surface area contributed by atoms with Gasteiger partial charge in [0.1, 0.15) is 5.76 Å². The Bertz CT molecular complexity index is 1040. The van der Waals surface area contributed by atoms with Crippen LogP contribution in [-0.4, -0.2) is 37.0 Å². The molecule has 0 spiro atoms. The Balaban J connectivity index is 1.61. The average Bonchev–Trinajstić information content (AvgIpc) is 3.26. The minimum absolute atomic E-state index is 0.0579. The third kappa shape index (κ3) is 4.70. The highest BCUT2D eigenvalue weighted by Gasteiger charge is 2.21. The van der Waals surface area contributed by atoms with Crippen LogP contribution in [-0.2, 0) is 15.8 Å². The Kier molecular flexibility index (Phi) is 5.89. The van der Waals surface area contributed by atoms with Crippen molar-refractivity contribution in [3.8, 4) is 0 Å². The van der Waals surface area contributed by atoms with Gasteiger partial charge in [-0.1, -0.05) is 29.2 Å². The summed E-state index contributed by atoms with van der Waals surface area (Å²) in [5, 5.41) is 12.2. The minimum atomic E-state index is -3.55. The summed E-state index contributed by atoms with van der Waals surface area (Å²) < 4.78 is 31.4. The Hall–Kier alpha value is -1.88.